The third-order valence-electron chi connectivity index (χ3n) is 18.6. The van der Waals surface area contributed by atoms with Gasteiger partial charge in [-0.05, 0) is 173 Å². The fourth-order valence-electron chi connectivity index (χ4n) is 15.0. The van der Waals surface area contributed by atoms with Crippen LogP contribution in [0.25, 0.3) is 0 Å². The maximum Gasteiger partial charge on any atom is 0.0875 e. The highest BCUT2D eigenvalue weighted by atomic mass is 16.6. The van der Waals surface area contributed by atoms with E-state index in [0.717, 1.165) is 77.2 Å². The van der Waals surface area contributed by atoms with Gasteiger partial charge in [-0.2, -0.15) is 0 Å². The summed E-state index contributed by atoms with van der Waals surface area (Å²) in [4.78, 5) is 0. The fourth-order valence-corrected chi connectivity index (χ4v) is 15.0. The van der Waals surface area contributed by atoms with E-state index in [4.69, 9.17) is 18.9 Å². The second-order valence-electron chi connectivity index (χ2n) is 21.6. The van der Waals surface area contributed by atoms with Crippen molar-refractivity contribution < 1.29 is 18.9 Å². The van der Waals surface area contributed by atoms with Crippen molar-refractivity contribution in [1.82, 2.24) is 0 Å². The van der Waals surface area contributed by atoms with E-state index < -0.39 is 0 Å². The third-order valence-corrected chi connectivity index (χ3v) is 18.6. The Kier molecular flexibility index (Phi) is 21.5. The molecule has 0 spiro atoms. The van der Waals surface area contributed by atoms with Crippen LogP contribution in [0.1, 0.15) is 245 Å². The molecule has 4 saturated heterocycles. The first-order valence-electron chi connectivity index (χ1n) is 29.1. The average Bonchev–Trinajstić information content (AvgIpc) is 4.06. The molecule has 364 valence electrons. The summed E-state index contributed by atoms with van der Waals surface area (Å²) in [7, 11) is 0. The smallest absolute Gasteiger partial charge is 0.0875 e. The van der Waals surface area contributed by atoms with E-state index in [1.807, 2.05) is 83.1 Å². The molecule has 4 nitrogen and oxygen atoms in total. The van der Waals surface area contributed by atoms with Gasteiger partial charge in [-0.1, -0.05) is 148 Å². The summed E-state index contributed by atoms with van der Waals surface area (Å²) in [5.74, 6) is 13.4. The molecular formula is C58H108O4. The van der Waals surface area contributed by atoms with Crippen LogP contribution in [-0.4, -0.2) is 48.8 Å². The Balaban J connectivity index is 0.000000135. The molecule has 20 unspecified atom stereocenters. The Morgan fingerprint density at radius 1 is 0.306 bits per heavy atom. The van der Waals surface area contributed by atoms with Gasteiger partial charge in [0.05, 0.1) is 48.8 Å². The van der Waals surface area contributed by atoms with Gasteiger partial charge in [0.25, 0.3) is 0 Å². The van der Waals surface area contributed by atoms with Crippen LogP contribution in [0, 0.1) is 76.4 Å². The molecule has 0 N–H and O–H groups in total. The topological polar surface area (TPSA) is 50.1 Å². The monoisotopic (exact) mass is 869 g/mol. The highest BCUT2D eigenvalue weighted by Gasteiger charge is 2.65. The standard InChI is InChI=1S/C10H14O.C10H16.C7H10O.C7H12O.C6H10O.C6H10.6C2H6/c1-2-6-3-5(1)7-4-8-10(11-8)9(6)7;1-10(2)7-3-6-4-8(6)9(10)5-7;1-2-5-3-4(1)6-7(5)8-6;1-2-4-6-7(8-6)5-3-1;1-2-4-6-5(3-1)7-6;1-2-5-4-6(5)3-1;6*1-2/h5-10H,1-4H2;6-9H,3-5H2,1-2H3;4-7H,1-3H2;6-7H,1-5H2;5-6H,1-4H2;5-6H,1-4H2;6*1-2H3. The lowest BCUT2D eigenvalue weighted by Crippen LogP contribution is -2.49. The Morgan fingerprint density at radius 2 is 0.774 bits per heavy atom. The van der Waals surface area contributed by atoms with Gasteiger partial charge < -0.3 is 18.9 Å². The highest BCUT2D eigenvalue weighted by Crippen LogP contribution is 2.71. The van der Waals surface area contributed by atoms with Gasteiger partial charge in [0, 0.05) is 0 Å². The van der Waals surface area contributed by atoms with E-state index in [2.05, 4.69) is 13.8 Å². The third kappa shape index (κ3) is 12.9. The summed E-state index contributed by atoms with van der Waals surface area (Å²) >= 11 is 0. The van der Waals surface area contributed by atoms with Gasteiger partial charge in [0.15, 0.2) is 0 Å². The maximum absolute atomic E-state index is 5.62. The van der Waals surface area contributed by atoms with E-state index in [9.17, 15) is 0 Å². The van der Waals surface area contributed by atoms with Crippen molar-refractivity contribution in [3.8, 4) is 0 Å². The minimum atomic E-state index is 0.692. The van der Waals surface area contributed by atoms with Crippen molar-refractivity contribution in [1.29, 1.82) is 0 Å². The van der Waals surface area contributed by atoms with Crippen molar-refractivity contribution in [2.75, 3.05) is 0 Å². The number of hydrogen-bond donors (Lipinski definition) is 0. The minimum Gasteiger partial charge on any atom is -0.370 e. The minimum absolute atomic E-state index is 0.692. The first-order valence-corrected chi connectivity index (χ1v) is 29.1. The lowest BCUT2D eigenvalue weighted by atomic mass is 9.49. The maximum atomic E-state index is 5.62. The number of rotatable bonds is 0. The van der Waals surface area contributed by atoms with Gasteiger partial charge in [0.1, 0.15) is 0 Å². The quantitative estimate of drug-likeness (QED) is 0.228. The molecule has 0 aromatic heterocycles. The highest BCUT2D eigenvalue weighted by molar-refractivity contribution is 5.13. The molecule has 0 radical (unpaired) electrons. The number of epoxide rings is 4. The molecule has 4 heteroatoms. The molecule has 4 aliphatic heterocycles. The van der Waals surface area contributed by atoms with Gasteiger partial charge in [-0.15, -0.1) is 0 Å². The zero-order chi connectivity index (χ0) is 45.1. The molecule has 0 aromatic carbocycles. The van der Waals surface area contributed by atoms with Crippen LogP contribution in [0.15, 0.2) is 0 Å². The van der Waals surface area contributed by atoms with Crippen LogP contribution in [0.4, 0.5) is 0 Å². The van der Waals surface area contributed by atoms with Crippen molar-refractivity contribution in [3.05, 3.63) is 0 Å². The Morgan fingerprint density at radius 3 is 1.18 bits per heavy atom. The molecule has 4 heterocycles. The number of fused-ring (bicyclic) bond motifs is 15. The second kappa shape index (κ2) is 25.3. The van der Waals surface area contributed by atoms with Crippen LogP contribution < -0.4 is 0 Å². The number of ether oxygens (including phenoxy) is 4. The normalized spacial score (nSPS) is 47.5. The predicted molar refractivity (Wildman–Crippen MR) is 265 cm³/mol. The van der Waals surface area contributed by atoms with E-state index in [1.165, 1.54) is 120 Å². The molecule has 0 aromatic rings. The molecule has 6 bridgehead atoms. The van der Waals surface area contributed by atoms with Crippen LogP contribution in [0.3, 0.4) is 0 Å². The molecule has 17 aliphatic rings. The van der Waals surface area contributed by atoms with E-state index in [-0.39, 0.29) is 0 Å². The predicted octanol–water partition coefficient (Wildman–Crippen LogP) is 16.7. The second-order valence-corrected chi connectivity index (χ2v) is 21.6. The van der Waals surface area contributed by atoms with Crippen molar-refractivity contribution in [2.24, 2.45) is 76.4 Å². The largest absolute Gasteiger partial charge is 0.370 e. The van der Waals surface area contributed by atoms with E-state index >= 15 is 0 Å². The SMILES string of the molecule is C1CC2CC1C1CC3OC3C21.C1CC2CC1C1OC21.C1CC2CC2C1.C1CCC2OC2C1.C1CCC2OC2CC1.CC.CC.CC.CC.CC.CC.CC1(C)C2CC3CC3C1C2. The van der Waals surface area contributed by atoms with E-state index in [0.29, 0.717) is 24.4 Å². The van der Waals surface area contributed by atoms with Crippen molar-refractivity contribution in [2.45, 2.75) is 293 Å². The first kappa shape index (κ1) is 52.8. The van der Waals surface area contributed by atoms with Crippen molar-refractivity contribution in [3.63, 3.8) is 0 Å². The van der Waals surface area contributed by atoms with Crippen LogP contribution in [-0.2, 0) is 18.9 Å². The molecule has 17 rings (SSSR count). The molecule has 13 saturated carbocycles. The summed E-state index contributed by atoms with van der Waals surface area (Å²) in [5, 5.41) is 0. The molecule has 17 fully saturated rings. The summed E-state index contributed by atoms with van der Waals surface area (Å²) < 4.78 is 21.7. The Hall–Kier alpha value is -0.160. The molecular weight excluding hydrogens is 761 g/mol. The zero-order valence-corrected chi connectivity index (χ0v) is 43.9. The summed E-state index contributed by atoms with van der Waals surface area (Å²) in [6.07, 6.45) is 39.6. The average molecular weight is 869 g/mol. The summed E-state index contributed by atoms with van der Waals surface area (Å²) in [6, 6.07) is 0. The lowest BCUT2D eigenvalue weighted by molar-refractivity contribution is -0.0733. The Bertz CT molecular complexity index is 1190. The zero-order valence-electron chi connectivity index (χ0n) is 43.9. The van der Waals surface area contributed by atoms with Gasteiger partial charge in [-0.3, -0.25) is 0 Å². The first-order chi connectivity index (χ1) is 30.5. The van der Waals surface area contributed by atoms with Crippen LogP contribution in [0.5, 0.6) is 0 Å². The summed E-state index contributed by atoms with van der Waals surface area (Å²) in [6.45, 7) is 29.0. The van der Waals surface area contributed by atoms with E-state index in [1.54, 1.807) is 51.4 Å². The molecule has 0 amide bonds. The van der Waals surface area contributed by atoms with Gasteiger partial charge >= 0.3 is 0 Å². The molecule has 62 heavy (non-hydrogen) atoms. The van der Waals surface area contributed by atoms with Crippen LogP contribution in [0.2, 0.25) is 0 Å². The summed E-state index contributed by atoms with van der Waals surface area (Å²) in [5.41, 5.74) is 0.748. The molecule has 20 atom stereocenters. The van der Waals surface area contributed by atoms with Crippen molar-refractivity contribution >= 4 is 0 Å². The fraction of sp³-hybridized carbons (Fsp3) is 1.00. The van der Waals surface area contributed by atoms with Gasteiger partial charge in [-0.25, -0.2) is 0 Å². The lowest BCUT2D eigenvalue weighted by Gasteiger charge is -2.56. The number of hydrogen-bond acceptors (Lipinski definition) is 4. The molecule has 13 aliphatic carbocycles. The van der Waals surface area contributed by atoms with Gasteiger partial charge in [0.2, 0.25) is 0 Å². The Labute approximate surface area is 387 Å². The van der Waals surface area contributed by atoms with Crippen LogP contribution >= 0.6 is 0 Å².